The molecule has 0 radical (unpaired) electrons. The molecule has 5 aromatic carbocycles. The largest absolute Gasteiger partial charge is 0.497 e. The van der Waals surface area contributed by atoms with Gasteiger partial charge in [0.1, 0.15) is 35.6 Å². The van der Waals surface area contributed by atoms with Crippen molar-refractivity contribution in [2.45, 2.75) is 69.3 Å². The number of carbonyl (C=O) groups is 1. The van der Waals surface area contributed by atoms with Gasteiger partial charge in [0.05, 0.1) is 45.7 Å². The van der Waals surface area contributed by atoms with E-state index in [2.05, 4.69) is 6.92 Å². The molecule has 6 atom stereocenters. The molecule has 0 aromatic heterocycles. The monoisotopic (exact) mass is 748 g/mol. The van der Waals surface area contributed by atoms with Crippen LogP contribution in [0.4, 0.5) is 0 Å². The van der Waals surface area contributed by atoms with Gasteiger partial charge < -0.3 is 33.2 Å². The molecule has 6 rings (SSSR count). The van der Waals surface area contributed by atoms with Crippen LogP contribution in [0.2, 0.25) is 0 Å². The zero-order valence-corrected chi connectivity index (χ0v) is 31.6. The van der Waals surface area contributed by atoms with E-state index in [-0.39, 0.29) is 19.8 Å². The van der Waals surface area contributed by atoms with Gasteiger partial charge in [0, 0.05) is 0 Å². The Labute approximate surface area is 322 Å². The molecule has 282 valence electrons. The third-order valence-corrected chi connectivity index (χ3v) is 10.1. The molecule has 1 aliphatic rings. The Morgan fingerprint density at radius 2 is 1.15 bits per heavy atom. The van der Waals surface area contributed by atoms with Gasteiger partial charge in [-0.3, -0.25) is 0 Å². The fourth-order valence-electron chi connectivity index (χ4n) is 6.27. The average Bonchev–Trinajstić information content (AvgIpc) is 3.23. The molecule has 1 fully saturated rings. The smallest absolute Gasteiger partial charge is 0.338 e. The predicted molar refractivity (Wildman–Crippen MR) is 210 cm³/mol. The molecule has 0 bridgehead atoms. The lowest BCUT2D eigenvalue weighted by Crippen LogP contribution is -2.63. The second-order valence-electron chi connectivity index (χ2n) is 12.9. The fraction of sp³-hybridized carbons (Fsp3) is 0.311. The molecule has 1 aliphatic heterocycles. The standard InChI is InChI=1S/C45H48O8S/c1-3-54-45-43(52-44(46)37-22-14-7-15-23-37)42(51-31-36-24-26-38(47-2)27-25-36)41(50-30-35-20-12-6-13-21-35)40(53-45)39(49-29-34-18-10-5-11-19-34)32-48-28-33-16-8-4-9-17-33/h4-27,39-43,45H,3,28-32H2,1-2H3/t39-,40+,41+,42-,43-,45-/m0/s1. The normalized spacial score (nSPS) is 20.2. The van der Waals surface area contributed by atoms with E-state index >= 15 is 0 Å². The van der Waals surface area contributed by atoms with Crippen LogP contribution >= 0.6 is 11.8 Å². The first kappa shape index (κ1) is 39.2. The van der Waals surface area contributed by atoms with Gasteiger partial charge in [-0.05, 0) is 52.3 Å². The van der Waals surface area contributed by atoms with Crippen molar-refractivity contribution in [3.05, 3.63) is 173 Å². The van der Waals surface area contributed by atoms with E-state index in [1.807, 2.05) is 133 Å². The summed E-state index contributed by atoms with van der Waals surface area (Å²) in [6.07, 6.45) is -3.54. The molecule has 1 heterocycles. The van der Waals surface area contributed by atoms with Crippen molar-refractivity contribution in [1.82, 2.24) is 0 Å². The Bertz CT molecular complexity index is 1790. The second-order valence-corrected chi connectivity index (χ2v) is 14.3. The van der Waals surface area contributed by atoms with E-state index in [9.17, 15) is 4.79 Å². The summed E-state index contributed by atoms with van der Waals surface area (Å²) in [7, 11) is 1.64. The lowest BCUT2D eigenvalue weighted by molar-refractivity contribution is -0.261. The van der Waals surface area contributed by atoms with Gasteiger partial charge in [-0.15, -0.1) is 11.8 Å². The number of ether oxygens (including phenoxy) is 7. The van der Waals surface area contributed by atoms with Gasteiger partial charge in [-0.2, -0.15) is 0 Å². The highest BCUT2D eigenvalue weighted by Gasteiger charge is 2.52. The van der Waals surface area contributed by atoms with Crippen molar-refractivity contribution in [2.75, 3.05) is 19.5 Å². The first-order chi connectivity index (χ1) is 26.6. The number of benzene rings is 5. The van der Waals surface area contributed by atoms with Crippen LogP contribution in [-0.2, 0) is 54.8 Å². The summed E-state index contributed by atoms with van der Waals surface area (Å²) in [6.45, 7) is 3.51. The Kier molecular flexibility index (Phi) is 15.1. The average molecular weight is 749 g/mol. The summed E-state index contributed by atoms with van der Waals surface area (Å²) in [5.41, 5.74) is 3.82. The van der Waals surface area contributed by atoms with Crippen molar-refractivity contribution in [2.24, 2.45) is 0 Å². The van der Waals surface area contributed by atoms with Crippen molar-refractivity contribution in [3.8, 4) is 5.75 Å². The topological polar surface area (TPSA) is 81.7 Å². The molecule has 9 heteroatoms. The van der Waals surface area contributed by atoms with Gasteiger partial charge in [0.15, 0.2) is 6.10 Å². The van der Waals surface area contributed by atoms with Gasteiger partial charge in [-0.25, -0.2) is 4.79 Å². The lowest BCUT2D eigenvalue weighted by atomic mass is 9.95. The van der Waals surface area contributed by atoms with Gasteiger partial charge in [0.25, 0.3) is 0 Å². The quantitative estimate of drug-likeness (QED) is 0.0771. The Morgan fingerprint density at radius 1 is 0.630 bits per heavy atom. The zero-order valence-electron chi connectivity index (χ0n) is 30.7. The van der Waals surface area contributed by atoms with E-state index in [0.29, 0.717) is 24.5 Å². The van der Waals surface area contributed by atoms with Crippen molar-refractivity contribution < 1.29 is 38.0 Å². The van der Waals surface area contributed by atoms with E-state index < -0.39 is 41.9 Å². The van der Waals surface area contributed by atoms with Crippen LogP contribution in [0.3, 0.4) is 0 Å². The maximum Gasteiger partial charge on any atom is 0.338 e. The minimum atomic E-state index is -0.821. The molecular formula is C45H48O8S. The molecule has 1 saturated heterocycles. The number of rotatable bonds is 19. The number of hydrogen-bond donors (Lipinski definition) is 0. The van der Waals surface area contributed by atoms with E-state index in [0.717, 1.165) is 28.0 Å². The molecule has 0 saturated carbocycles. The fourth-order valence-corrected chi connectivity index (χ4v) is 7.20. The summed E-state index contributed by atoms with van der Waals surface area (Å²) in [4.78, 5) is 13.7. The maximum absolute atomic E-state index is 13.7. The molecule has 0 aliphatic carbocycles. The number of esters is 1. The zero-order chi connectivity index (χ0) is 37.4. The second kappa shape index (κ2) is 20.8. The van der Waals surface area contributed by atoms with E-state index in [1.165, 1.54) is 0 Å². The first-order valence-corrected chi connectivity index (χ1v) is 19.4. The first-order valence-electron chi connectivity index (χ1n) is 18.3. The van der Waals surface area contributed by atoms with Crippen molar-refractivity contribution in [3.63, 3.8) is 0 Å². The van der Waals surface area contributed by atoms with Gasteiger partial charge in [-0.1, -0.05) is 128 Å². The molecule has 8 nitrogen and oxygen atoms in total. The van der Waals surface area contributed by atoms with Crippen LogP contribution in [0.5, 0.6) is 5.75 Å². The molecule has 0 unspecified atom stereocenters. The maximum atomic E-state index is 13.7. The van der Waals surface area contributed by atoms with Crippen molar-refractivity contribution in [1.29, 1.82) is 0 Å². The summed E-state index contributed by atoms with van der Waals surface area (Å²) in [5.74, 6) is 0.988. The van der Waals surface area contributed by atoms with Crippen LogP contribution in [0.1, 0.15) is 39.5 Å². The lowest BCUT2D eigenvalue weighted by Gasteiger charge is -2.47. The highest BCUT2D eigenvalue weighted by Crippen LogP contribution is 2.37. The number of methoxy groups -OCH3 is 1. The van der Waals surface area contributed by atoms with Crippen LogP contribution in [-0.4, -0.2) is 61.4 Å². The minimum Gasteiger partial charge on any atom is -0.497 e. The third-order valence-electron chi connectivity index (χ3n) is 9.07. The van der Waals surface area contributed by atoms with Gasteiger partial charge in [0.2, 0.25) is 0 Å². The summed E-state index contributed by atoms with van der Waals surface area (Å²) in [5, 5.41) is 0. The summed E-state index contributed by atoms with van der Waals surface area (Å²) < 4.78 is 45.6. The summed E-state index contributed by atoms with van der Waals surface area (Å²) in [6, 6.07) is 46.7. The molecular weight excluding hydrogens is 701 g/mol. The number of carbonyl (C=O) groups excluding carboxylic acids is 1. The van der Waals surface area contributed by atoms with E-state index in [1.54, 1.807) is 31.0 Å². The molecule has 5 aromatic rings. The van der Waals surface area contributed by atoms with Crippen LogP contribution < -0.4 is 4.74 Å². The Morgan fingerprint density at radius 3 is 1.72 bits per heavy atom. The van der Waals surface area contributed by atoms with Crippen LogP contribution in [0.15, 0.2) is 146 Å². The van der Waals surface area contributed by atoms with Crippen LogP contribution in [0.25, 0.3) is 0 Å². The van der Waals surface area contributed by atoms with Crippen molar-refractivity contribution >= 4 is 17.7 Å². The third kappa shape index (κ3) is 11.3. The Balaban J connectivity index is 1.36. The number of hydrogen-bond acceptors (Lipinski definition) is 9. The number of thioether (sulfide) groups is 1. The highest BCUT2D eigenvalue weighted by molar-refractivity contribution is 7.99. The summed E-state index contributed by atoms with van der Waals surface area (Å²) >= 11 is 1.55. The SMILES string of the molecule is CCS[C@@H]1O[C@H]([C@H](COCc2ccccc2)OCc2ccccc2)[C@@H](OCc2ccccc2)[C@H](OCc2ccc(OC)cc2)[C@@H]1OC(=O)c1ccccc1. The highest BCUT2D eigenvalue weighted by atomic mass is 32.2. The molecule has 0 amide bonds. The van der Waals surface area contributed by atoms with Crippen LogP contribution in [0, 0.1) is 0 Å². The van der Waals surface area contributed by atoms with Gasteiger partial charge >= 0.3 is 5.97 Å². The predicted octanol–water partition coefficient (Wildman–Crippen LogP) is 8.67. The molecule has 0 N–H and O–H groups in total. The minimum absolute atomic E-state index is 0.223. The molecule has 0 spiro atoms. The Hall–Kier alpha value is -4.48. The van der Waals surface area contributed by atoms with E-state index in [4.69, 9.17) is 33.2 Å². The molecule has 54 heavy (non-hydrogen) atoms.